The lowest BCUT2D eigenvalue weighted by Crippen LogP contribution is -2.16. The van der Waals surface area contributed by atoms with E-state index in [1.165, 1.54) is 0 Å². The average molecular weight is 126 g/mol. The van der Waals surface area contributed by atoms with Crippen LogP contribution >= 0.6 is 0 Å². The molecule has 1 heterocycles. The second-order valence-electron chi connectivity index (χ2n) is 1.94. The molecule has 0 bridgehead atoms. The summed E-state index contributed by atoms with van der Waals surface area (Å²) >= 11 is 0. The molecule has 0 radical (unpaired) electrons. The first-order chi connectivity index (χ1) is 4.34. The van der Waals surface area contributed by atoms with Crippen molar-refractivity contribution in [2.45, 2.75) is 12.7 Å². The van der Waals surface area contributed by atoms with Crippen molar-refractivity contribution in [2.24, 2.45) is 0 Å². The van der Waals surface area contributed by atoms with Gasteiger partial charge in [0.25, 0.3) is 0 Å². The Labute approximate surface area is 54.8 Å². The SMILES string of the molecule is C=C1CC=COC1OC. The van der Waals surface area contributed by atoms with Crippen LogP contribution in [0.2, 0.25) is 0 Å². The zero-order valence-electron chi connectivity index (χ0n) is 5.46. The molecular formula is C7H10O2. The smallest absolute Gasteiger partial charge is 0.221 e. The minimum Gasteiger partial charge on any atom is -0.469 e. The van der Waals surface area contributed by atoms with Gasteiger partial charge in [-0.15, -0.1) is 0 Å². The molecule has 0 N–H and O–H groups in total. The summed E-state index contributed by atoms with van der Waals surface area (Å²) in [6, 6.07) is 0. The number of ether oxygens (including phenoxy) is 2. The molecule has 0 fully saturated rings. The monoisotopic (exact) mass is 126 g/mol. The summed E-state index contributed by atoms with van der Waals surface area (Å²) in [5.41, 5.74) is 0.972. The fraction of sp³-hybridized carbons (Fsp3) is 0.429. The Balaban J connectivity index is 2.53. The van der Waals surface area contributed by atoms with E-state index in [1.54, 1.807) is 13.4 Å². The molecule has 0 aliphatic carbocycles. The van der Waals surface area contributed by atoms with E-state index in [9.17, 15) is 0 Å². The van der Waals surface area contributed by atoms with Crippen LogP contribution in [0.4, 0.5) is 0 Å². The third kappa shape index (κ3) is 1.33. The maximum Gasteiger partial charge on any atom is 0.221 e. The number of methoxy groups -OCH3 is 1. The molecule has 0 amide bonds. The van der Waals surface area contributed by atoms with Crippen molar-refractivity contribution in [3.63, 3.8) is 0 Å². The van der Waals surface area contributed by atoms with E-state index in [4.69, 9.17) is 9.47 Å². The minimum absolute atomic E-state index is 0.227. The average Bonchev–Trinajstić information content (AvgIpc) is 1.89. The summed E-state index contributed by atoms with van der Waals surface area (Å²) in [7, 11) is 1.61. The highest BCUT2D eigenvalue weighted by Crippen LogP contribution is 2.15. The molecule has 0 aromatic heterocycles. The van der Waals surface area contributed by atoms with Gasteiger partial charge in [0.15, 0.2) is 0 Å². The van der Waals surface area contributed by atoms with Crippen LogP contribution in [0, 0.1) is 0 Å². The van der Waals surface area contributed by atoms with Crippen LogP contribution < -0.4 is 0 Å². The quantitative estimate of drug-likeness (QED) is 0.495. The Hall–Kier alpha value is -0.760. The van der Waals surface area contributed by atoms with E-state index < -0.39 is 0 Å². The molecule has 9 heavy (non-hydrogen) atoms. The molecule has 1 aliphatic heterocycles. The molecule has 50 valence electrons. The lowest BCUT2D eigenvalue weighted by Gasteiger charge is -2.19. The Kier molecular flexibility index (Phi) is 1.90. The van der Waals surface area contributed by atoms with Gasteiger partial charge in [-0.1, -0.05) is 6.58 Å². The van der Waals surface area contributed by atoms with Crippen LogP contribution in [0.15, 0.2) is 24.5 Å². The number of rotatable bonds is 1. The fourth-order valence-electron chi connectivity index (χ4n) is 0.741. The summed E-state index contributed by atoms with van der Waals surface area (Å²) in [5, 5.41) is 0. The highest BCUT2D eigenvalue weighted by molar-refractivity contribution is 5.08. The second kappa shape index (κ2) is 2.69. The largest absolute Gasteiger partial charge is 0.469 e. The predicted octanol–water partition coefficient (Wildman–Crippen LogP) is 1.45. The minimum atomic E-state index is -0.227. The van der Waals surface area contributed by atoms with Crippen molar-refractivity contribution in [2.75, 3.05) is 7.11 Å². The lowest BCUT2D eigenvalue weighted by atomic mass is 10.2. The molecule has 0 spiro atoms. The Morgan fingerprint density at radius 3 is 3.11 bits per heavy atom. The van der Waals surface area contributed by atoms with Crippen LogP contribution in [0.3, 0.4) is 0 Å². The summed E-state index contributed by atoms with van der Waals surface area (Å²) in [6.07, 6.45) is 4.19. The highest BCUT2D eigenvalue weighted by atomic mass is 16.7. The molecule has 0 saturated heterocycles. The Morgan fingerprint density at radius 2 is 2.67 bits per heavy atom. The van der Waals surface area contributed by atoms with Crippen LogP contribution in [-0.4, -0.2) is 13.4 Å². The van der Waals surface area contributed by atoms with Gasteiger partial charge in [0.05, 0.1) is 6.26 Å². The molecule has 1 aliphatic rings. The second-order valence-corrected chi connectivity index (χ2v) is 1.94. The van der Waals surface area contributed by atoms with Crippen molar-refractivity contribution in [3.05, 3.63) is 24.5 Å². The summed E-state index contributed by atoms with van der Waals surface area (Å²) in [5.74, 6) is 0. The molecule has 0 aromatic carbocycles. The third-order valence-electron chi connectivity index (χ3n) is 1.23. The summed E-state index contributed by atoms with van der Waals surface area (Å²) in [6.45, 7) is 3.77. The fourth-order valence-corrected chi connectivity index (χ4v) is 0.741. The third-order valence-corrected chi connectivity index (χ3v) is 1.23. The first-order valence-electron chi connectivity index (χ1n) is 2.85. The Bertz CT molecular complexity index is 138. The van der Waals surface area contributed by atoms with E-state index in [2.05, 4.69) is 6.58 Å². The van der Waals surface area contributed by atoms with Gasteiger partial charge in [-0.25, -0.2) is 0 Å². The molecule has 2 heteroatoms. The molecule has 1 unspecified atom stereocenters. The number of allylic oxidation sites excluding steroid dienone is 1. The van der Waals surface area contributed by atoms with Crippen molar-refractivity contribution < 1.29 is 9.47 Å². The van der Waals surface area contributed by atoms with Crippen LogP contribution in [-0.2, 0) is 9.47 Å². The van der Waals surface area contributed by atoms with Crippen molar-refractivity contribution in [3.8, 4) is 0 Å². The topological polar surface area (TPSA) is 18.5 Å². The lowest BCUT2D eigenvalue weighted by molar-refractivity contribution is -0.0598. The van der Waals surface area contributed by atoms with Gasteiger partial charge in [-0.05, 0) is 18.1 Å². The molecule has 1 atom stereocenters. The van der Waals surface area contributed by atoms with Gasteiger partial charge in [-0.2, -0.15) is 0 Å². The van der Waals surface area contributed by atoms with Crippen molar-refractivity contribution >= 4 is 0 Å². The van der Waals surface area contributed by atoms with Crippen molar-refractivity contribution in [1.82, 2.24) is 0 Å². The van der Waals surface area contributed by atoms with Gasteiger partial charge in [0.1, 0.15) is 0 Å². The molecular weight excluding hydrogens is 116 g/mol. The van der Waals surface area contributed by atoms with E-state index in [0.717, 1.165) is 12.0 Å². The molecule has 2 nitrogen and oxygen atoms in total. The molecule has 1 rings (SSSR count). The zero-order valence-corrected chi connectivity index (χ0v) is 5.46. The van der Waals surface area contributed by atoms with Crippen LogP contribution in [0.25, 0.3) is 0 Å². The first-order valence-corrected chi connectivity index (χ1v) is 2.85. The highest BCUT2D eigenvalue weighted by Gasteiger charge is 2.12. The van der Waals surface area contributed by atoms with E-state index in [0.29, 0.717) is 0 Å². The van der Waals surface area contributed by atoms with E-state index in [-0.39, 0.29) is 6.29 Å². The normalized spacial score (nSPS) is 25.9. The predicted molar refractivity (Wildman–Crippen MR) is 34.8 cm³/mol. The van der Waals surface area contributed by atoms with Gasteiger partial charge in [0, 0.05) is 7.11 Å². The van der Waals surface area contributed by atoms with E-state index >= 15 is 0 Å². The van der Waals surface area contributed by atoms with Gasteiger partial charge in [-0.3, -0.25) is 0 Å². The number of hydrogen-bond donors (Lipinski definition) is 0. The molecule has 0 aromatic rings. The van der Waals surface area contributed by atoms with Crippen LogP contribution in [0.5, 0.6) is 0 Å². The maximum absolute atomic E-state index is 5.04. The van der Waals surface area contributed by atoms with Gasteiger partial charge >= 0.3 is 0 Å². The van der Waals surface area contributed by atoms with Crippen LogP contribution in [0.1, 0.15) is 6.42 Å². The molecule has 0 saturated carbocycles. The van der Waals surface area contributed by atoms with Gasteiger partial charge < -0.3 is 9.47 Å². The number of hydrogen-bond acceptors (Lipinski definition) is 2. The van der Waals surface area contributed by atoms with E-state index in [1.807, 2.05) is 6.08 Å². The van der Waals surface area contributed by atoms with Gasteiger partial charge in [0.2, 0.25) is 6.29 Å². The first kappa shape index (κ1) is 6.36. The zero-order chi connectivity index (χ0) is 6.69. The standard InChI is InChI=1S/C7H10O2/c1-6-4-3-5-9-7(6)8-2/h3,5,7H,1,4H2,2H3. The Morgan fingerprint density at radius 1 is 1.89 bits per heavy atom. The maximum atomic E-state index is 5.04. The van der Waals surface area contributed by atoms with Crippen molar-refractivity contribution in [1.29, 1.82) is 0 Å². The summed E-state index contributed by atoms with van der Waals surface area (Å²) < 4.78 is 9.97. The summed E-state index contributed by atoms with van der Waals surface area (Å²) in [4.78, 5) is 0.